The first-order valence-corrected chi connectivity index (χ1v) is 7.85. The van der Waals surface area contributed by atoms with Crippen LogP contribution in [0.2, 0.25) is 12.6 Å². The largest absolute Gasteiger partial charge is 0.398 e. The molecular weight excluding hydrogens is 208 g/mol. The average Bonchev–Trinajstić information content (AvgIpc) is 2.23. The molecule has 0 rings (SSSR count). The summed E-state index contributed by atoms with van der Waals surface area (Å²) < 4.78 is 16.4. The SMILES string of the molecule is C=C(C)C(C)OCCC[Si](C)(OC)OC. The maximum absolute atomic E-state index is 5.60. The first kappa shape index (κ1) is 14.8. The zero-order chi connectivity index (χ0) is 11.9. The van der Waals surface area contributed by atoms with Crippen molar-refractivity contribution in [2.75, 3.05) is 20.8 Å². The van der Waals surface area contributed by atoms with Crippen LogP contribution in [0, 0.1) is 0 Å². The van der Waals surface area contributed by atoms with Crippen molar-refractivity contribution in [3.63, 3.8) is 0 Å². The van der Waals surface area contributed by atoms with E-state index >= 15 is 0 Å². The van der Waals surface area contributed by atoms with Gasteiger partial charge in [-0.05, 0) is 32.9 Å². The van der Waals surface area contributed by atoms with Gasteiger partial charge in [-0.2, -0.15) is 0 Å². The van der Waals surface area contributed by atoms with Crippen molar-refractivity contribution in [3.05, 3.63) is 12.2 Å². The maximum atomic E-state index is 5.60. The van der Waals surface area contributed by atoms with Gasteiger partial charge in [-0.3, -0.25) is 0 Å². The molecule has 0 aliphatic heterocycles. The van der Waals surface area contributed by atoms with Gasteiger partial charge in [0, 0.05) is 20.8 Å². The lowest BCUT2D eigenvalue weighted by molar-refractivity contribution is 0.0887. The van der Waals surface area contributed by atoms with E-state index in [0.29, 0.717) is 0 Å². The molecule has 0 aliphatic carbocycles. The third kappa shape index (κ3) is 6.09. The number of ether oxygens (including phenoxy) is 1. The van der Waals surface area contributed by atoms with Gasteiger partial charge in [0.1, 0.15) is 0 Å². The lowest BCUT2D eigenvalue weighted by Gasteiger charge is -2.22. The molecule has 4 heteroatoms. The molecule has 0 heterocycles. The Balaban J connectivity index is 3.66. The van der Waals surface area contributed by atoms with Crippen LogP contribution in [0.3, 0.4) is 0 Å². The van der Waals surface area contributed by atoms with Crippen molar-refractivity contribution in [1.82, 2.24) is 0 Å². The minimum absolute atomic E-state index is 0.142. The molecule has 0 radical (unpaired) electrons. The Kier molecular flexibility index (Phi) is 7.09. The highest BCUT2D eigenvalue weighted by Crippen LogP contribution is 2.14. The summed E-state index contributed by atoms with van der Waals surface area (Å²) >= 11 is 0. The molecule has 0 amide bonds. The van der Waals surface area contributed by atoms with E-state index in [1.54, 1.807) is 14.2 Å². The Bertz CT molecular complexity index is 190. The van der Waals surface area contributed by atoms with Gasteiger partial charge in [0.2, 0.25) is 0 Å². The standard InChI is InChI=1S/C11H24O3Si/c1-10(2)11(3)14-8-7-9-15(6,12-4)13-5/h11H,1,7-9H2,2-6H3. The summed E-state index contributed by atoms with van der Waals surface area (Å²) in [6.07, 6.45) is 1.12. The van der Waals surface area contributed by atoms with Gasteiger partial charge in [-0.15, -0.1) is 0 Å². The molecule has 0 aromatic carbocycles. The third-order valence-corrected chi connectivity index (χ3v) is 5.69. The van der Waals surface area contributed by atoms with E-state index in [9.17, 15) is 0 Å². The van der Waals surface area contributed by atoms with Crippen LogP contribution in [-0.4, -0.2) is 35.5 Å². The van der Waals surface area contributed by atoms with Crippen molar-refractivity contribution in [1.29, 1.82) is 0 Å². The van der Waals surface area contributed by atoms with Gasteiger partial charge in [0.05, 0.1) is 6.10 Å². The highest BCUT2D eigenvalue weighted by Gasteiger charge is 2.27. The molecule has 0 aromatic rings. The number of hydrogen-bond acceptors (Lipinski definition) is 3. The van der Waals surface area contributed by atoms with Crippen molar-refractivity contribution < 1.29 is 13.6 Å². The highest BCUT2D eigenvalue weighted by atomic mass is 28.4. The molecule has 1 unspecified atom stereocenters. The van der Waals surface area contributed by atoms with Crippen LogP contribution in [0.4, 0.5) is 0 Å². The number of rotatable bonds is 8. The molecule has 0 bridgehead atoms. The quantitative estimate of drug-likeness (QED) is 0.366. The van der Waals surface area contributed by atoms with E-state index in [1.165, 1.54) is 0 Å². The molecule has 0 aromatic heterocycles. The molecule has 0 saturated carbocycles. The van der Waals surface area contributed by atoms with E-state index in [-0.39, 0.29) is 6.10 Å². The van der Waals surface area contributed by atoms with Crippen molar-refractivity contribution >= 4 is 8.56 Å². The summed E-state index contributed by atoms with van der Waals surface area (Å²) in [4.78, 5) is 0. The van der Waals surface area contributed by atoms with Gasteiger partial charge < -0.3 is 13.6 Å². The summed E-state index contributed by atoms with van der Waals surface area (Å²) in [6.45, 7) is 10.7. The first-order chi connectivity index (χ1) is 6.95. The van der Waals surface area contributed by atoms with Crippen LogP contribution in [0.15, 0.2) is 12.2 Å². The number of hydrogen-bond donors (Lipinski definition) is 0. The molecule has 1 atom stereocenters. The topological polar surface area (TPSA) is 27.7 Å². The van der Waals surface area contributed by atoms with Crippen LogP contribution < -0.4 is 0 Å². The molecular formula is C11H24O3Si. The van der Waals surface area contributed by atoms with E-state index in [1.807, 2.05) is 13.8 Å². The normalized spacial score (nSPS) is 13.9. The van der Waals surface area contributed by atoms with E-state index in [4.69, 9.17) is 13.6 Å². The van der Waals surface area contributed by atoms with E-state index in [2.05, 4.69) is 13.1 Å². The van der Waals surface area contributed by atoms with Crippen molar-refractivity contribution in [2.24, 2.45) is 0 Å². The van der Waals surface area contributed by atoms with Crippen molar-refractivity contribution in [2.45, 2.75) is 39.0 Å². The molecule has 0 fully saturated rings. The Morgan fingerprint density at radius 2 is 1.87 bits per heavy atom. The molecule has 3 nitrogen and oxygen atoms in total. The smallest absolute Gasteiger partial charge is 0.334 e. The lowest BCUT2D eigenvalue weighted by atomic mass is 10.2. The molecule has 90 valence electrons. The van der Waals surface area contributed by atoms with Gasteiger partial charge in [0.25, 0.3) is 0 Å². The van der Waals surface area contributed by atoms with Crippen LogP contribution in [0.5, 0.6) is 0 Å². The lowest BCUT2D eigenvalue weighted by Crippen LogP contribution is -2.36. The van der Waals surface area contributed by atoms with Gasteiger partial charge in [-0.1, -0.05) is 12.2 Å². The zero-order valence-corrected chi connectivity index (χ0v) is 11.6. The van der Waals surface area contributed by atoms with Crippen LogP contribution in [0.1, 0.15) is 20.3 Å². The predicted molar refractivity (Wildman–Crippen MR) is 65.3 cm³/mol. The summed E-state index contributed by atoms with van der Waals surface area (Å²) in [5.74, 6) is 0. The second kappa shape index (κ2) is 7.17. The summed E-state index contributed by atoms with van der Waals surface area (Å²) in [7, 11) is 1.53. The summed E-state index contributed by atoms with van der Waals surface area (Å²) in [6, 6.07) is 0.961. The van der Waals surface area contributed by atoms with Crippen LogP contribution in [0.25, 0.3) is 0 Å². The van der Waals surface area contributed by atoms with Crippen LogP contribution >= 0.6 is 0 Å². The Morgan fingerprint density at radius 1 is 1.33 bits per heavy atom. The fraction of sp³-hybridized carbons (Fsp3) is 0.818. The van der Waals surface area contributed by atoms with E-state index < -0.39 is 8.56 Å². The molecule has 0 aliphatic rings. The Morgan fingerprint density at radius 3 is 2.27 bits per heavy atom. The molecule has 15 heavy (non-hydrogen) atoms. The molecule has 0 N–H and O–H groups in total. The van der Waals surface area contributed by atoms with Crippen molar-refractivity contribution in [3.8, 4) is 0 Å². The van der Waals surface area contributed by atoms with Gasteiger partial charge in [-0.25, -0.2) is 0 Å². The Hall–Kier alpha value is -0.163. The minimum Gasteiger partial charge on any atom is -0.398 e. The summed E-state index contributed by atoms with van der Waals surface area (Å²) in [5, 5.41) is 0. The zero-order valence-electron chi connectivity index (χ0n) is 10.6. The van der Waals surface area contributed by atoms with Gasteiger partial charge >= 0.3 is 8.56 Å². The predicted octanol–water partition coefficient (Wildman–Crippen LogP) is 2.72. The molecule has 0 saturated heterocycles. The fourth-order valence-electron chi connectivity index (χ4n) is 1.08. The minimum atomic E-state index is -1.90. The Labute approximate surface area is 94.7 Å². The first-order valence-electron chi connectivity index (χ1n) is 5.32. The second-order valence-corrected chi connectivity index (χ2v) is 7.59. The fourth-order valence-corrected chi connectivity index (χ4v) is 2.44. The average molecular weight is 232 g/mol. The third-order valence-electron chi connectivity index (χ3n) is 2.70. The summed E-state index contributed by atoms with van der Waals surface area (Å²) in [5.41, 5.74) is 1.06. The van der Waals surface area contributed by atoms with Crippen LogP contribution in [-0.2, 0) is 13.6 Å². The monoisotopic (exact) mass is 232 g/mol. The highest BCUT2D eigenvalue weighted by molar-refractivity contribution is 6.65. The van der Waals surface area contributed by atoms with E-state index in [0.717, 1.165) is 24.6 Å². The van der Waals surface area contributed by atoms with Gasteiger partial charge in [0.15, 0.2) is 0 Å². The maximum Gasteiger partial charge on any atom is 0.334 e. The molecule has 0 spiro atoms. The second-order valence-electron chi connectivity index (χ2n) is 4.00.